The van der Waals surface area contributed by atoms with Crippen molar-refractivity contribution in [1.29, 1.82) is 0 Å². The minimum atomic E-state index is -1.50. The number of carbonyl (C=O) groups excluding carboxylic acids is 2. The Balaban J connectivity index is 2.28. The summed E-state index contributed by atoms with van der Waals surface area (Å²) in [5, 5.41) is 0. The van der Waals surface area contributed by atoms with Crippen LogP contribution in [0.5, 0.6) is 0 Å². The molecule has 0 spiro atoms. The molecule has 0 radical (unpaired) electrons. The lowest BCUT2D eigenvalue weighted by atomic mass is 9.85. The summed E-state index contributed by atoms with van der Waals surface area (Å²) in [5.74, 6) is -4.21. The molecule has 0 bridgehead atoms. The fraction of sp³-hybridized carbons (Fsp3) is 0.600. The molecule has 1 aromatic carbocycles. The molecule has 1 aliphatic heterocycles. The molecular weight excluding hydrogens is 385 g/mol. The highest BCUT2D eigenvalue weighted by Gasteiger charge is 2.44. The summed E-state index contributed by atoms with van der Waals surface area (Å²) >= 11 is 0. The number of esters is 2. The molecule has 0 aromatic heterocycles. The molecule has 2 rings (SSSR count). The average Bonchev–Trinajstić information content (AvgIpc) is 2.52. The summed E-state index contributed by atoms with van der Waals surface area (Å²) < 4.78 is 40.0. The lowest BCUT2D eigenvalue weighted by Crippen LogP contribution is -2.49. The lowest BCUT2D eigenvalue weighted by molar-refractivity contribution is -0.240. The first-order valence-electron chi connectivity index (χ1n) is 9.16. The van der Waals surface area contributed by atoms with E-state index in [4.69, 9.17) is 9.47 Å². The molecule has 156 valence electrons. The molecule has 1 unspecified atom stereocenters. The van der Waals surface area contributed by atoms with Crippen LogP contribution in [0.2, 0.25) is 0 Å². The largest absolute Gasteiger partial charge is 0.422 e. The first-order valence-corrected chi connectivity index (χ1v) is 10.3. The van der Waals surface area contributed by atoms with Gasteiger partial charge in [-0.3, -0.25) is 9.59 Å². The van der Waals surface area contributed by atoms with Crippen molar-refractivity contribution in [1.82, 2.24) is 4.72 Å². The molecule has 1 fully saturated rings. The summed E-state index contributed by atoms with van der Waals surface area (Å²) in [5.41, 5.74) is -0.762. The average molecular weight is 414 g/mol. The number of nitrogens with one attached hydrogen (secondary N) is 1. The maximum absolute atomic E-state index is 14.5. The van der Waals surface area contributed by atoms with E-state index >= 15 is 0 Å². The van der Waals surface area contributed by atoms with Gasteiger partial charge in [-0.2, -0.15) is 0 Å². The molecule has 2 atom stereocenters. The molecule has 0 saturated carbocycles. The molecule has 28 heavy (non-hydrogen) atoms. The van der Waals surface area contributed by atoms with E-state index in [0.717, 1.165) is 0 Å². The molecule has 1 aliphatic rings. The Morgan fingerprint density at radius 3 is 2.14 bits per heavy atom. The van der Waals surface area contributed by atoms with Crippen LogP contribution in [0.3, 0.4) is 0 Å². The molecule has 1 saturated heterocycles. The Morgan fingerprint density at radius 1 is 1.11 bits per heavy atom. The van der Waals surface area contributed by atoms with Crippen LogP contribution in [-0.2, 0) is 35.6 Å². The Bertz CT molecular complexity index is 769. The Kier molecular flexibility index (Phi) is 6.35. The van der Waals surface area contributed by atoms with Gasteiger partial charge in [-0.1, -0.05) is 18.2 Å². The number of hydrogen-bond donors (Lipinski definition) is 1. The van der Waals surface area contributed by atoms with Gasteiger partial charge in [-0.25, -0.2) is 13.3 Å². The highest BCUT2D eigenvalue weighted by Crippen LogP contribution is 2.34. The highest BCUT2D eigenvalue weighted by atomic mass is 32.2. The molecule has 6 nitrogen and oxygen atoms in total. The second-order valence-corrected chi connectivity index (χ2v) is 10.6. The smallest absolute Gasteiger partial charge is 0.323 e. The van der Waals surface area contributed by atoms with Crippen LogP contribution in [0.25, 0.3) is 0 Å². The van der Waals surface area contributed by atoms with Gasteiger partial charge in [0.15, 0.2) is 5.92 Å². The van der Waals surface area contributed by atoms with Gasteiger partial charge in [0.2, 0.25) is 0 Å². The maximum atomic E-state index is 14.5. The molecular formula is C20H28FNO5S. The summed E-state index contributed by atoms with van der Waals surface area (Å²) in [7, 11) is -1.50. The van der Waals surface area contributed by atoms with Crippen molar-refractivity contribution in [2.24, 2.45) is 5.92 Å². The zero-order chi connectivity index (χ0) is 21.3. The number of benzene rings is 1. The third kappa shape index (κ3) is 5.17. The second-order valence-electron chi connectivity index (χ2n) is 8.63. The monoisotopic (exact) mass is 413 g/mol. The van der Waals surface area contributed by atoms with E-state index in [-0.39, 0.29) is 12.8 Å². The normalized spacial score (nSPS) is 20.8. The van der Waals surface area contributed by atoms with Gasteiger partial charge in [0.25, 0.3) is 5.79 Å². The first-order chi connectivity index (χ1) is 12.8. The Hall–Kier alpha value is -1.80. The van der Waals surface area contributed by atoms with Crippen LogP contribution in [0.1, 0.15) is 59.9 Å². The number of hydrogen-bond acceptors (Lipinski definition) is 5. The van der Waals surface area contributed by atoms with Crippen LogP contribution >= 0.6 is 0 Å². The summed E-state index contributed by atoms with van der Waals surface area (Å²) in [4.78, 5) is 24.5. The molecule has 1 aromatic rings. The van der Waals surface area contributed by atoms with Crippen molar-refractivity contribution in [2.75, 3.05) is 0 Å². The number of carbonyl (C=O) groups is 2. The molecule has 8 heteroatoms. The minimum Gasteiger partial charge on any atom is -0.422 e. The van der Waals surface area contributed by atoms with Crippen molar-refractivity contribution in [2.45, 2.75) is 70.5 Å². The maximum Gasteiger partial charge on any atom is 0.323 e. The van der Waals surface area contributed by atoms with E-state index in [2.05, 4.69) is 4.72 Å². The zero-order valence-corrected chi connectivity index (χ0v) is 17.9. The standard InChI is InChI=1S/C20H28FNO5S/c1-18(2,3)28(25)22-20(6,14-9-7-8-10-15(14)21)12-11-13-16(23)26-19(4,5)27-17(13)24/h7-10,13,22H,11-12H2,1-6H3/t20-,28?/m0/s1. The number of cyclic esters (lactones) is 2. The third-order valence-corrected chi connectivity index (χ3v) is 6.29. The quantitative estimate of drug-likeness (QED) is 0.571. The van der Waals surface area contributed by atoms with Gasteiger partial charge in [0.1, 0.15) is 5.82 Å². The number of rotatable bonds is 6. The van der Waals surface area contributed by atoms with Gasteiger partial charge in [-0.05, 0) is 46.6 Å². The van der Waals surface area contributed by atoms with E-state index in [0.29, 0.717) is 5.56 Å². The summed E-state index contributed by atoms with van der Waals surface area (Å²) in [6.45, 7) is 10.1. The summed E-state index contributed by atoms with van der Waals surface area (Å²) in [6, 6.07) is 6.17. The van der Waals surface area contributed by atoms with Gasteiger partial charge in [0, 0.05) is 19.4 Å². The van der Waals surface area contributed by atoms with Crippen LogP contribution in [-0.4, -0.2) is 26.7 Å². The molecule has 1 N–H and O–H groups in total. The fourth-order valence-electron chi connectivity index (χ4n) is 2.92. The van der Waals surface area contributed by atoms with Crippen LogP contribution in [0.15, 0.2) is 24.3 Å². The summed E-state index contributed by atoms with van der Waals surface area (Å²) in [6.07, 6.45) is 0.234. The SMILES string of the molecule is CC1(C)OC(=O)C(CC[C@](C)(NS(=O)C(C)(C)C)c2ccccc2F)C(=O)O1. The van der Waals surface area contributed by atoms with Gasteiger partial charge >= 0.3 is 11.9 Å². The topological polar surface area (TPSA) is 81.7 Å². The minimum absolute atomic E-state index is 0.0624. The molecule has 0 aliphatic carbocycles. The predicted octanol–water partition coefficient (Wildman–Crippen LogP) is 3.33. The zero-order valence-electron chi connectivity index (χ0n) is 17.1. The predicted molar refractivity (Wildman–Crippen MR) is 104 cm³/mol. The van der Waals surface area contributed by atoms with E-state index in [1.54, 1.807) is 45.9 Å². The molecule has 0 amide bonds. The Morgan fingerprint density at radius 2 is 1.64 bits per heavy atom. The first kappa shape index (κ1) is 22.5. The number of ether oxygens (including phenoxy) is 2. The van der Waals surface area contributed by atoms with Crippen LogP contribution in [0.4, 0.5) is 4.39 Å². The van der Waals surface area contributed by atoms with Gasteiger partial charge < -0.3 is 9.47 Å². The van der Waals surface area contributed by atoms with Gasteiger partial charge in [0.05, 0.1) is 21.3 Å². The van der Waals surface area contributed by atoms with E-state index in [1.165, 1.54) is 19.9 Å². The highest BCUT2D eigenvalue weighted by molar-refractivity contribution is 7.84. The molecule has 1 heterocycles. The van der Waals surface area contributed by atoms with E-state index < -0.39 is 50.7 Å². The van der Waals surface area contributed by atoms with Crippen molar-refractivity contribution < 1.29 is 27.7 Å². The van der Waals surface area contributed by atoms with Crippen molar-refractivity contribution >= 4 is 22.9 Å². The van der Waals surface area contributed by atoms with Crippen molar-refractivity contribution in [3.8, 4) is 0 Å². The fourth-order valence-corrected chi connectivity index (χ4v) is 3.85. The van der Waals surface area contributed by atoms with Crippen LogP contribution in [0, 0.1) is 11.7 Å². The van der Waals surface area contributed by atoms with E-state index in [9.17, 15) is 18.2 Å². The second kappa shape index (κ2) is 7.91. The van der Waals surface area contributed by atoms with Crippen LogP contribution < -0.4 is 4.72 Å². The third-order valence-electron chi connectivity index (χ3n) is 4.54. The van der Waals surface area contributed by atoms with Crippen molar-refractivity contribution in [3.05, 3.63) is 35.6 Å². The Labute approximate surface area is 167 Å². The lowest BCUT2D eigenvalue weighted by Gasteiger charge is -2.36. The number of halogens is 1. The van der Waals surface area contributed by atoms with E-state index in [1.807, 2.05) is 0 Å². The van der Waals surface area contributed by atoms with Gasteiger partial charge in [-0.15, -0.1) is 0 Å². The van der Waals surface area contributed by atoms with Crippen molar-refractivity contribution in [3.63, 3.8) is 0 Å².